The average molecular weight is 428 g/mol. The van der Waals surface area contributed by atoms with Crippen molar-refractivity contribution in [3.05, 3.63) is 53.6 Å². The fraction of sp³-hybridized carbons (Fsp3) is 0.400. The molecular formula is C20H23F3N2O3S. The minimum Gasteiger partial charge on any atom is -0.484 e. The van der Waals surface area contributed by atoms with Crippen LogP contribution in [-0.2, 0) is 22.9 Å². The highest BCUT2D eigenvalue weighted by molar-refractivity contribution is 7.92. The Labute approximate surface area is 168 Å². The molecule has 0 radical (unpaired) electrons. The molecule has 2 N–H and O–H groups in total. The number of anilines is 1. The number of rotatable bonds is 8. The Morgan fingerprint density at radius 3 is 2.41 bits per heavy atom. The number of halogens is 3. The number of fused-ring (bicyclic) bond motifs is 1. The fourth-order valence-electron chi connectivity index (χ4n) is 3.27. The molecule has 0 bridgehead atoms. The van der Waals surface area contributed by atoms with Crippen molar-refractivity contribution in [3.8, 4) is 5.75 Å². The number of benzene rings is 2. The van der Waals surface area contributed by atoms with E-state index in [2.05, 4.69) is 21.7 Å². The highest BCUT2D eigenvalue weighted by Crippen LogP contribution is 2.27. The van der Waals surface area contributed by atoms with Crippen molar-refractivity contribution in [2.45, 2.75) is 43.3 Å². The zero-order chi connectivity index (χ0) is 21.1. The third kappa shape index (κ3) is 5.86. The van der Waals surface area contributed by atoms with Crippen LogP contribution in [0, 0.1) is 0 Å². The maximum atomic E-state index is 12.6. The van der Waals surface area contributed by atoms with E-state index in [1.165, 1.54) is 29.8 Å². The quantitative estimate of drug-likeness (QED) is 0.669. The van der Waals surface area contributed by atoms with Gasteiger partial charge < -0.3 is 10.1 Å². The number of sulfonamides is 1. The van der Waals surface area contributed by atoms with E-state index in [0.29, 0.717) is 11.7 Å². The largest absolute Gasteiger partial charge is 0.484 e. The van der Waals surface area contributed by atoms with Crippen LogP contribution in [0.5, 0.6) is 5.75 Å². The summed E-state index contributed by atoms with van der Waals surface area (Å²) in [7, 11) is -3.86. The second-order valence-electron chi connectivity index (χ2n) is 7.02. The lowest BCUT2D eigenvalue weighted by atomic mass is 10.1. The summed E-state index contributed by atoms with van der Waals surface area (Å²) in [4.78, 5) is -0.0557. The van der Waals surface area contributed by atoms with E-state index in [-0.39, 0.29) is 10.6 Å². The first kappa shape index (κ1) is 21.4. The first-order chi connectivity index (χ1) is 13.7. The predicted molar refractivity (Wildman–Crippen MR) is 105 cm³/mol. The van der Waals surface area contributed by atoms with Gasteiger partial charge in [0.15, 0.2) is 6.61 Å². The van der Waals surface area contributed by atoms with Gasteiger partial charge in [0, 0.05) is 11.7 Å². The lowest BCUT2D eigenvalue weighted by Gasteiger charge is -2.11. The van der Waals surface area contributed by atoms with Crippen LogP contribution in [0.4, 0.5) is 18.9 Å². The molecule has 5 nitrogen and oxygen atoms in total. The molecule has 0 heterocycles. The van der Waals surface area contributed by atoms with E-state index in [0.717, 1.165) is 31.4 Å². The van der Waals surface area contributed by atoms with Crippen molar-refractivity contribution in [2.24, 2.45) is 0 Å². The molecule has 1 aliphatic carbocycles. The van der Waals surface area contributed by atoms with Gasteiger partial charge in [0.05, 0.1) is 4.90 Å². The summed E-state index contributed by atoms with van der Waals surface area (Å²) in [5.41, 5.74) is 2.76. The molecule has 9 heteroatoms. The van der Waals surface area contributed by atoms with Crippen LogP contribution in [0.1, 0.15) is 24.5 Å². The van der Waals surface area contributed by atoms with E-state index in [1.807, 2.05) is 12.1 Å². The summed E-state index contributed by atoms with van der Waals surface area (Å²) in [6.07, 6.45) is -1.64. The second kappa shape index (κ2) is 8.62. The molecule has 0 amide bonds. The minimum atomic E-state index is -4.45. The summed E-state index contributed by atoms with van der Waals surface area (Å²) in [6, 6.07) is 10.7. The number of ether oxygens (including phenoxy) is 1. The zero-order valence-corrected chi connectivity index (χ0v) is 16.7. The van der Waals surface area contributed by atoms with Gasteiger partial charge in [-0.2, -0.15) is 13.2 Å². The van der Waals surface area contributed by atoms with Gasteiger partial charge in [0.1, 0.15) is 5.75 Å². The average Bonchev–Trinajstić information content (AvgIpc) is 3.06. The maximum Gasteiger partial charge on any atom is 0.422 e. The summed E-state index contributed by atoms with van der Waals surface area (Å²) < 4.78 is 68.9. The molecular weight excluding hydrogens is 405 g/mol. The first-order valence-electron chi connectivity index (χ1n) is 9.34. The van der Waals surface area contributed by atoms with Gasteiger partial charge in [0.2, 0.25) is 0 Å². The highest BCUT2D eigenvalue weighted by Gasteiger charge is 2.28. The number of alkyl halides is 3. The highest BCUT2D eigenvalue weighted by atomic mass is 32.2. The van der Waals surface area contributed by atoms with Crippen molar-refractivity contribution in [3.63, 3.8) is 0 Å². The topological polar surface area (TPSA) is 67.4 Å². The lowest BCUT2D eigenvalue weighted by Crippen LogP contribution is -2.29. The van der Waals surface area contributed by atoms with Crippen LogP contribution < -0.4 is 14.8 Å². The number of nitrogens with one attached hydrogen (secondary N) is 2. The van der Waals surface area contributed by atoms with Gasteiger partial charge in [-0.05, 0) is 73.3 Å². The predicted octanol–water partition coefficient (Wildman–Crippen LogP) is 3.90. The Bertz CT molecular complexity index is 944. The molecule has 1 unspecified atom stereocenters. The molecule has 1 aliphatic rings. The number of hydrogen-bond acceptors (Lipinski definition) is 4. The van der Waals surface area contributed by atoms with Crippen molar-refractivity contribution in [2.75, 3.05) is 17.9 Å². The van der Waals surface area contributed by atoms with Gasteiger partial charge in [-0.1, -0.05) is 13.0 Å². The Morgan fingerprint density at radius 1 is 1.07 bits per heavy atom. The van der Waals surface area contributed by atoms with Crippen molar-refractivity contribution < 1.29 is 26.3 Å². The van der Waals surface area contributed by atoms with E-state index >= 15 is 0 Å². The molecule has 0 spiro atoms. The van der Waals surface area contributed by atoms with Crippen molar-refractivity contribution >= 4 is 15.7 Å². The zero-order valence-electron chi connectivity index (χ0n) is 15.9. The molecule has 2 aromatic rings. The molecule has 29 heavy (non-hydrogen) atoms. The van der Waals surface area contributed by atoms with Gasteiger partial charge in [-0.3, -0.25) is 4.72 Å². The van der Waals surface area contributed by atoms with Gasteiger partial charge in [-0.15, -0.1) is 0 Å². The smallest absolute Gasteiger partial charge is 0.422 e. The van der Waals surface area contributed by atoms with Crippen LogP contribution >= 0.6 is 0 Å². The normalized spacial score (nSPS) is 16.5. The molecule has 0 saturated heterocycles. The fourth-order valence-corrected chi connectivity index (χ4v) is 4.32. The van der Waals surface area contributed by atoms with Crippen LogP contribution in [0.3, 0.4) is 0 Å². The second-order valence-corrected chi connectivity index (χ2v) is 8.71. The van der Waals surface area contributed by atoms with Gasteiger partial charge in [0.25, 0.3) is 10.0 Å². The van der Waals surface area contributed by atoms with E-state index in [4.69, 9.17) is 0 Å². The van der Waals surface area contributed by atoms with Gasteiger partial charge in [-0.25, -0.2) is 8.42 Å². The standard InChI is InChI=1S/C20H23F3N2O3S/c1-2-9-24-17-10-14-3-4-16(11-15(14)12-17)25-29(26,27)19-7-5-18(6-8-19)28-13-20(21,22)23/h3-8,11,17,24-25H,2,9-10,12-13H2,1H3. The molecule has 2 aromatic carbocycles. The summed E-state index contributed by atoms with van der Waals surface area (Å²) in [5.74, 6) is -0.0515. The maximum absolute atomic E-state index is 12.6. The lowest BCUT2D eigenvalue weighted by molar-refractivity contribution is -0.153. The van der Waals surface area contributed by atoms with Crippen LogP contribution in [-0.4, -0.2) is 33.8 Å². The monoisotopic (exact) mass is 428 g/mol. The summed E-state index contributed by atoms with van der Waals surface area (Å²) in [5, 5.41) is 3.48. The summed E-state index contributed by atoms with van der Waals surface area (Å²) in [6.45, 7) is 1.62. The molecule has 0 saturated carbocycles. The van der Waals surface area contributed by atoms with E-state index in [9.17, 15) is 21.6 Å². The number of hydrogen-bond donors (Lipinski definition) is 2. The molecule has 0 fully saturated rings. The Hall–Kier alpha value is -2.26. The minimum absolute atomic E-state index is 0.0515. The third-order valence-corrected chi connectivity index (χ3v) is 6.01. The molecule has 1 atom stereocenters. The van der Waals surface area contributed by atoms with Crippen molar-refractivity contribution in [1.29, 1.82) is 0 Å². The molecule has 3 rings (SSSR count). The van der Waals surface area contributed by atoms with Gasteiger partial charge >= 0.3 is 6.18 Å². The van der Waals surface area contributed by atoms with Crippen LogP contribution in [0.2, 0.25) is 0 Å². The first-order valence-corrected chi connectivity index (χ1v) is 10.8. The SMILES string of the molecule is CCCNC1Cc2ccc(NS(=O)(=O)c3ccc(OCC(F)(F)F)cc3)cc2C1. The Morgan fingerprint density at radius 2 is 1.76 bits per heavy atom. The van der Waals surface area contributed by atoms with Crippen LogP contribution in [0.15, 0.2) is 47.4 Å². The third-order valence-electron chi connectivity index (χ3n) is 4.61. The van der Waals surface area contributed by atoms with E-state index in [1.54, 1.807) is 6.07 Å². The van der Waals surface area contributed by atoms with Crippen LogP contribution in [0.25, 0.3) is 0 Å². The Balaban J connectivity index is 1.66. The van der Waals surface area contributed by atoms with E-state index < -0.39 is 22.8 Å². The molecule has 0 aliphatic heterocycles. The summed E-state index contributed by atoms with van der Waals surface area (Å²) >= 11 is 0. The van der Waals surface area contributed by atoms with Crippen molar-refractivity contribution in [1.82, 2.24) is 5.32 Å². The molecule has 158 valence electrons. The Kier molecular flexibility index (Phi) is 6.38. The molecule has 0 aromatic heterocycles.